The van der Waals surface area contributed by atoms with Gasteiger partial charge in [0, 0.05) is 26.2 Å². The molecule has 33 heavy (non-hydrogen) atoms. The third kappa shape index (κ3) is 4.23. The summed E-state index contributed by atoms with van der Waals surface area (Å²) in [5.74, 6) is 1.44. The molecular weight excluding hydrogens is 442 g/mol. The Labute approximate surface area is 194 Å². The molecule has 1 aliphatic heterocycles. The van der Waals surface area contributed by atoms with Crippen molar-refractivity contribution in [3.63, 3.8) is 0 Å². The number of carbonyl (C=O) groups excluding carboxylic acids is 1. The number of ether oxygens (including phenoxy) is 2. The number of esters is 1. The molecule has 0 radical (unpaired) electrons. The smallest absolute Gasteiger partial charge is 0.338 e. The molecule has 1 aromatic carbocycles. The number of benzene rings is 1. The van der Waals surface area contributed by atoms with E-state index in [4.69, 9.17) is 13.9 Å². The lowest BCUT2D eigenvalue weighted by Crippen LogP contribution is -2.39. The minimum absolute atomic E-state index is 0.224. The number of rotatable bonds is 6. The lowest BCUT2D eigenvalue weighted by Gasteiger charge is -2.24. The SMILES string of the molecule is CCOC(=O)C1=C(C)N=c2s/c(=C\c3ccc(N(C)C)o3)c(=O)n2[C@@H]1c1ccc(OC)cc1. The maximum Gasteiger partial charge on any atom is 0.338 e. The van der Waals surface area contributed by atoms with Crippen LogP contribution < -0.4 is 24.5 Å². The number of carbonyl (C=O) groups is 1. The number of aromatic nitrogens is 1. The number of furan rings is 1. The van der Waals surface area contributed by atoms with Gasteiger partial charge in [0.1, 0.15) is 11.5 Å². The van der Waals surface area contributed by atoms with Gasteiger partial charge in [0.15, 0.2) is 10.7 Å². The molecule has 0 amide bonds. The number of hydrogen-bond acceptors (Lipinski definition) is 8. The minimum Gasteiger partial charge on any atom is -0.497 e. The van der Waals surface area contributed by atoms with Gasteiger partial charge in [-0.1, -0.05) is 23.5 Å². The lowest BCUT2D eigenvalue weighted by molar-refractivity contribution is -0.139. The van der Waals surface area contributed by atoms with Crippen molar-refractivity contribution in [1.82, 2.24) is 4.57 Å². The van der Waals surface area contributed by atoms with E-state index in [0.29, 0.717) is 38.0 Å². The summed E-state index contributed by atoms with van der Waals surface area (Å²) in [6, 6.07) is 10.3. The highest BCUT2D eigenvalue weighted by molar-refractivity contribution is 7.07. The van der Waals surface area contributed by atoms with E-state index in [9.17, 15) is 9.59 Å². The molecule has 8 nitrogen and oxygen atoms in total. The zero-order valence-corrected chi connectivity index (χ0v) is 19.9. The Balaban J connectivity index is 1.91. The fraction of sp³-hybridized carbons (Fsp3) is 0.292. The number of anilines is 1. The highest BCUT2D eigenvalue weighted by atomic mass is 32.1. The largest absolute Gasteiger partial charge is 0.497 e. The monoisotopic (exact) mass is 467 g/mol. The van der Waals surface area contributed by atoms with Crippen molar-refractivity contribution in [2.75, 3.05) is 32.7 Å². The first-order valence-electron chi connectivity index (χ1n) is 10.4. The topological polar surface area (TPSA) is 86.3 Å². The van der Waals surface area contributed by atoms with Crippen LogP contribution in [0.5, 0.6) is 5.75 Å². The second-order valence-electron chi connectivity index (χ2n) is 7.65. The van der Waals surface area contributed by atoms with Crippen molar-refractivity contribution in [3.8, 4) is 5.75 Å². The van der Waals surface area contributed by atoms with Crippen LogP contribution in [0.3, 0.4) is 0 Å². The van der Waals surface area contributed by atoms with E-state index < -0.39 is 12.0 Å². The number of allylic oxidation sites excluding steroid dienone is 1. The summed E-state index contributed by atoms with van der Waals surface area (Å²) in [6.45, 7) is 3.73. The molecule has 0 aliphatic carbocycles. The van der Waals surface area contributed by atoms with Gasteiger partial charge in [-0.15, -0.1) is 0 Å². The number of fused-ring (bicyclic) bond motifs is 1. The van der Waals surface area contributed by atoms with E-state index in [1.54, 1.807) is 43.7 Å². The van der Waals surface area contributed by atoms with Crippen LogP contribution in [0.1, 0.15) is 31.2 Å². The van der Waals surface area contributed by atoms with E-state index in [1.165, 1.54) is 11.3 Å². The first kappa shape index (κ1) is 22.6. The van der Waals surface area contributed by atoms with Gasteiger partial charge in [-0.2, -0.15) is 0 Å². The van der Waals surface area contributed by atoms with Crippen LogP contribution in [-0.2, 0) is 9.53 Å². The predicted molar refractivity (Wildman–Crippen MR) is 126 cm³/mol. The molecular formula is C24H25N3O5S. The van der Waals surface area contributed by atoms with E-state index in [2.05, 4.69) is 4.99 Å². The lowest BCUT2D eigenvalue weighted by atomic mass is 9.96. The summed E-state index contributed by atoms with van der Waals surface area (Å²) in [6.07, 6.45) is 1.70. The standard InChI is InChI=1S/C24H25N3O5S/c1-6-31-23(29)20-14(2)25-24-27(21(20)15-7-9-16(30-5)10-8-15)22(28)18(33-24)13-17-11-12-19(32-17)26(3)4/h7-13,21H,6H2,1-5H3/b18-13-/t21-/m1/s1. The van der Waals surface area contributed by atoms with E-state index in [0.717, 1.165) is 5.56 Å². The Morgan fingerprint density at radius 3 is 2.58 bits per heavy atom. The molecule has 172 valence electrons. The summed E-state index contributed by atoms with van der Waals surface area (Å²) in [4.78, 5) is 33.4. The van der Waals surface area contributed by atoms with Gasteiger partial charge in [-0.25, -0.2) is 9.79 Å². The quantitative estimate of drug-likeness (QED) is 0.518. The first-order valence-corrected chi connectivity index (χ1v) is 11.3. The van der Waals surface area contributed by atoms with Crippen LogP contribution in [0.2, 0.25) is 0 Å². The molecule has 0 fully saturated rings. The molecule has 3 heterocycles. The second kappa shape index (κ2) is 9.11. The minimum atomic E-state index is -0.665. The van der Waals surface area contributed by atoms with Crippen LogP contribution in [0.4, 0.5) is 5.88 Å². The van der Waals surface area contributed by atoms with Gasteiger partial charge in [-0.3, -0.25) is 9.36 Å². The molecule has 1 aliphatic rings. The molecule has 0 bridgehead atoms. The van der Waals surface area contributed by atoms with Crippen molar-refractivity contribution in [3.05, 3.63) is 78.7 Å². The van der Waals surface area contributed by atoms with Crippen LogP contribution >= 0.6 is 11.3 Å². The molecule has 0 saturated carbocycles. The molecule has 4 rings (SSSR count). The molecule has 1 atom stereocenters. The van der Waals surface area contributed by atoms with Gasteiger partial charge >= 0.3 is 5.97 Å². The first-order chi connectivity index (χ1) is 15.8. The zero-order chi connectivity index (χ0) is 23.7. The van der Waals surface area contributed by atoms with Crippen LogP contribution in [0.15, 0.2) is 61.9 Å². The van der Waals surface area contributed by atoms with E-state index in [1.807, 2.05) is 43.3 Å². The highest BCUT2D eigenvalue weighted by Crippen LogP contribution is 2.31. The Kier molecular flexibility index (Phi) is 6.24. The zero-order valence-electron chi connectivity index (χ0n) is 19.1. The van der Waals surface area contributed by atoms with Crippen molar-refractivity contribution in [2.45, 2.75) is 19.9 Å². The summed E-state index contributed by atoms with van der Waals surface area (Å²) in [7, 11) is 5.35. The van der Waals surface area contributed by atoms with Gasteiger partial charge in [0.05, 0.1) is 35.6 Å². The van der Waals surface area contributed by atoms with Crippen molar-refractivity contribution < 1.29 is 18.7 Å². The van der Waals surface area contributed by atoms with Crippen LogP contribution in [0, 0.1) is 0 Å². The van der Waals surface area contributed by atoms with Gasteiger partial charge in [0.2, 0.25) is 0 Å². The molecule has 0 saturated heterocycles. The van der Waals surface area contributed by atoms with Gasteiger partial charge in [0.25, 0.3) is 5.56 Å². The molecule has 3 aromatic rings. The summed E-state index contributed by atoms with van der Waals surface area (Å²) in [5, 5.41) is 0. The van der Waals surface area contributed by atoms with E-state index in [-0.39, 0.29) is 12.2 Å². The average Bonchev–Trinajstić information content (AvgIpc) is 3.38. The average molecular weight is 468 g/mol. The number of thiazole rings is 1. The van der Waals surface area contributed by atoms with Crippen molar-refractivity contribution in [1.29, 1.82) is 0 Å². The Hall–Kier alpha value is -3.59. The van der Waals surface area contributed by atoms with Crippen molar-refractivity contribution in [2.24, 2.45) is 4.99 Å². The maximum absolute atomic E-state index is 13.5. The Morgan fingerprint density at radius 2 is 1.97 bits per heavy atom. The van der Waals surface area contributed by atoms with Crippen molar-refractivity contribution >= 4 is 29.3 Å². The van der Waals surface area contributed by atoms with Crippen LogP contribution in [-0.4, -0.2) is 38.3 Å². The normalized spacial score (nSPS) is 15.8. The molecule has 0 unspecified atom stereocenters. The third-order valence-corrected chi connectivity index (χ3v) is 6.26. The molecule has 9 heteroatoms. The third-order valence-electron chi connectivity index (χ3n) is 5.28. The highest BCUT2D eigenvalue weighted by Gasteiger charge is 2.33. The summed E-state index contributed by atoms with van der Waals surface area (Å²) < 4.78 is 18.4. The number of hydrogen-bond donors (Lipinski definition) is 0. The Bertz CT molecular complexity index is 1390. The van der Waals surface area contributed by atoms with Crippen LogP contribution in [0.25, 0.3) is 6.08 Å². The summed E-state index contributed by atoms with van der Waals surface area (Å²) in [5.41, 5.74) is 1.37. The maximum atomic E-state index is 13.5. The van der Waals surface area contributed by atoms with Gasteiger partial charge in [-0.05, 0) is 37.6 Å². The number of nitrogens with zero attached hydrogens (tertiary/aromatic N) is 3. The Morgan fingerprint density at radius 1 is 1.24 bits per heavy atom. The molecule has 2 aromatic heterocycles. The fourth-order valence-electron chi connectivity index (χ4n) is 3.68. The predicted octanol–water partition coefficient (Wildman–Crippen LogP) is 2.47. The number of methoxy groups -OCH3 is 1. The van der Waals surface area contributed by atoms with E-state index >= 15 is 0 Å². The molecule has 0 N–H and O–H groups in total. The second-order valence-corrected chi connectivity index (χ2v) is 8.65. The fourth-order valence-corrected chi connectivity index (χ4v) is 4.71. The summed E-state index contributed by atoms with van der Waals surface area (Å²) >= 11 is 1.26. The van der Waals surface area contributed by atoms with Gasteiger partial charge < -0.3 is 18.8 Å². The molecule has 0 spiro atoms.